The van der Waals surface area contributed by atoms with Crippen LogP contribution in [0.3, 0.4) is 0 Å². The van der Waals surface area contributed by atoms with Gasteiger partial charge in [-0.1, -0.05) is 0 Å². The smallest absolute Gasteiger partial charge is 0.318 e. The monoisotopic (exact) mass is 183 g/mol. The Morgan fingerprint density at radius 1 is 1.54 bits per heavy atom. The molecule has 4 heteroatoms. The van der Waals surface area contributed by atoms with E-state index in [1.165, 1.54) is 6.42 Å². The van der Waals surface area contributed by atoms with Crippen molar-refractivity contribution in [3.63, 3.8) is 0 Å². The van der Waals surface area contributed by atoms with Gasteiger partial charge in [-0.05, 0) is 32.2 Å². The molecule has 13 heavy (non-hydrogen) atoms. The first kappa shape index (κ1) is 8.81. The molecule has 1 heterocycles. The second kappa shape index (κ2) is 3.54. The van der Waals surface area contributed by atoms with E-state index in [0.29, 0.717) is 18.6 Å². The van der Waals surface area contributed by atoms with Crippen LogP contribution in [-0.4, -0.2) is 36.1 Å². The van der Waals surface area contributed by atoms with Crippen molar-refractivity contribution < 1.29 is 4.79 Å². The minimum atomic E-state index is 0.114. The molecule has 2 rings (SSSR count). The number of nitrogens with zero attached hydrogens (tertiary/aromatic N) is 1. The third-order valence-corrected chi connectivity index (χ3v) is 3.05. The average molecular weight is 183 g/mol. The molecule has 0 aromatic heterocycles. The van der Waals surface area contributed by atoms with Crippen molar-refractivity contribution >= 4 is 6.03 Å². The maximum Gasteiger partial charge on any atom is 0.318 e. The minimum absolute atomic E-state index is 0.114. The van der Waals surface area contributed by atoms with Gasteiger partial charge in [-0.3, -0.25) is 0 Å². The Bertz CT molecular complexity index is 207. The van der Waals surface area contributed by atoms with E-state index in [2.05, 4.69) is 5.32 Å². The molecule has 2 unspecified atom stereocenters. The Balaban J connectivity index is 1.96. The molecule has 0 bridgehead atoms. The Labute approximate surface area is 78.5 Å². The van der Waals surface area contributed by atoms with Gasteiger partial charge >= 0.3 is 6.03 Å². The summed E-state index contributed by atoms with van der Waals surface area (Å²) in [6.07, 6.45) is 4.47. The van der Waals surface area contributed by atoms with Crippen LogP contribution in [-0.2, 0) is 0 Å². The van der Waals surface area contributed by atoms with Gasteiger partial charge in [0.2, 0.25) is 0 Å². The standard InChI is InChI=1S/C9H17N3O/c10-5-2-6-12-8-4-1-3-7(8)11-9(12)13/h7-8H,1-6,10H2,(H,11,13). The molecule has 2 amide bonds. The van der Waals surface area contributed by atoms with Crippen molar-refractivity contribution in [1.29, 1.82) is 0 Å². The zero-order valence-corrected chi connectivity index (χ0v) is 7.83. The highest BCUT2D eigenvalue weighted by atomic mass is 16.2. The van der Waals surface area contributed by atoms with Gasteiger partial charge in [0.1, 0.15) is 0 Å². The van der Waals surface area contributed by atoms with Crippen LogP contribution >= 0.6 is 0 Å². The van der Waals surface area contributed by atoms with Crippen LogP contribution in [0.25, 0.3) is 0 Å². The van der Waals surface area contributed by atoms with Crippen LogP contribution in [0.2, 0.25) is 0 Å². The SMILES string of the molecule is NCCCN1C(=O)NC2CCCC21. The van der Waals surface area contributed by atoms with Crippen molar-refractivity contribution in [2.24, 2.45) is 5.73 Å². The summed E-state index contributed by atoms with van der Waals surface area (Å²) < 4.78 is 0. The normalized spacial score (nSPS) is 32.1. The summed E-state index contributed by atoms with van der Waals surface area (Å²) in [5.41, 5.74) is 5.43. The summed E-state index contributed by atoms with van der Waals surface area (Å²) in [5.74, 6) is 0. The molecule has 0 aromatic carbocycles. The summed E-state index contributed by atoms with van der Waals surface area (Å²) in [4.78, 5) is 13.4. The van der Waals surface area contributed by atoms with Crippen LogP contribution in [0.4, 0.5) is 4.79 Å². The zero-order valence-electron chi connectivity index (χ0n) is 7.83. The number of fused-ring (bicyclic) bond motifs is 1. The van der Waals surface area contributed by atoms with Gasteiger partial charge in [0.15, 0.2) is 0 Å². The third kappa shape index (κ3) is 1.50. The van der Waals surface area contributed by atoms with Crippen molar-refractivity contribution in [3.05, 3.63) is 0 Å². The molecular formula is C9H17N3O. The lowest BCUT2D eigenvalue weighted by molar-refractivity contribution is 0.202. The van der Waals surface area contributed by atoms with Gasteiger partial charge in [-0.2, -0.15) is 0 Å². The molecule has 1 saturated heterocycles. The summed E-state index contributed by atoms with van der Waals surface area (Å²) in [6, 6.07) is 0.993. The van der Waals surface area contributed by atoms with Crippen LogP contribution in [0.5, 0.6) is 0 Å². The lowest BCUT2D eigenvalue weighted by Gasteiger charge is -2.21. The Morgan fingerprint density at radius 3 is 3.15 bits per heavy atom. The largest absolute Gasteiger partial charge is 0.333 e. The van der Waals surface area contributed by atoms with Crippen molar-refractivity contribution in [2.75, 3.05) is 13.1 Å². The molecule has 1 aliphatic heterocycles. The van der Waals surface area contributed by atoms with E-state index in [1.807, 2.05) is 4.90 Å². The molecule has 2 fully saturated rings. The second-order valence-electron chi connectivity index (χ2n) is 3.89. The van der Waals surface area contributed by atoms with Gasteiger partial charge < -0.3 is 16.0 Å². The number of hydrogen-bond acceptors (Lipinski definition) is 2. The molecule has 1 aliphatic carbocycles. The van der Waals surface area contributed by atoms with Gasteiger partial charge in [0, 0.05) is 6.54 Å². The molecule has 2 aliphatic rings. The van der Waals surface area contributed by atoms with E-state index in [0.717, 1.165) is 25.8 Å². The number of hydrogen-bond donors (Lipinski definition) is 2. The maximum absolute atomic E-state index is 11.5. The highest BCUT2D eigenvalue weighted by Gasteiger charge is 2.41. The van der Waals surface area contributed by atoms with Crippen LogP contribution < -0.4 is 11.1 Å². The Hall–Kier alpha value is -0.770. The average Bonchev–Trinajstić information content (AvgIpc) is 2.62. The van der Waals surface area contributed by atoms with Gasteiger partial charge in [0.05, 0.1) is 12.1 Å². The molecule has 0 radical (unpaired) electrons. The van der Waals surface area contributed by atoms with Crippen LogP contribution in [0.1, 0.15) is 25.7 Å². The molecule has 1 saturated carbocycles. The molecule has 0 spiro atoms. The number of rotatable bonds is 3. The number of amides is 2. The van der Waals surface area contributed by atoms with Crippen molar-refractivity contribution in [1.82, 2.24) is 10.2 Å². The number of nitrogens with two attached hydrogens (primary N) is 1. The lowest BCUT2D eigenvalue weighted by Crippen LogP contribution is -2.35. The van der Waals surface area contributed by atoms with E-state index < -0.39 is 0 Å². The predicted molar refractivity (Wildman–Crippen MR) is 50.3 cm³/mol. The second-order valence-corrected chi connectivity index (χ2v) is 3.89. The lowest BCUT2D eigenvalue weighted by atomic mass is 10.2. The fourth-order valence-corrected chi connectivity index (χ4v) is 2.40. The highest BCUT2D eigenvalue weighted by molar-refractivity contribution is 5.77. The molecule has 74 valence electrons. The quantitative estimate of drug-likeness (QED) is 0.660. The van der Waals surface area contributed by atoms with E-state index in [1.54, 1.807) is 0 Å². The van der Waals surface area contributed by atoms with Gasteiger partial charge in [0.25, 0.3) is 0 Å². The summed E-state index contributed by atoms with van der Waals surface area (Å²) in [5, 5.41) is 3.02. The minimum Gasteiger partial charge on any atom is -0.333 e. The van der Waals surface area contributed by atoms with E-state index in [-0.39, 0.29) is 6.03 Å². The number of nitrogens with one attached hydrogen (secondary N) is 1. The first-order valence-electron chi connectivity index (χ1n) is 5.10. The fourth-order valence-electron chi connectivity index (χ4n) is 2.40. The topological polar surface area (TPSA) is 58.4 Å². The molecule has 0 aromatic rings. The predicted octanol–water partition coefficient (Wildman–Crippen LogP) is 0.281. The number of carbonyl (C=O) groups is 1. The Kier molecular flexibility index (Phi) is 2.40. The first-order chi connectivity index (χ1) is 6.33. The fraction of sp³-hybridized carbons (Fsp3) is 0.889. The van der Waals surface area contributed by atoms with Crippen LogP contribution in [0, 0.1) is 0 Å². The van der Waals surface area contributed by atoms with E-state index in [4.69, 9.17) is 5.73 Å². The molecule has 4 nitrogen and oxygen atoms in total. The molecule has 3 N–H and O–H groups in total. The maximum atomic E-state index is 11.5. The van der Waals surface area contributed by atoms with Crippen molar-refractivity contribution in [2.45, 2.75) is 37.8 Å². The molecular weight excluding hydrogens is 166 g/mol. The van der Waals surface area contributed by atoms with Gasteiger partial charge in [-0.15, -0.1) is 0 Å². The third-order valence-electron chi connectivity index (χ3n) is 3.05. The summed E-state index contributed by atoms with van der Waals surface area (Å²) >= 11 is 0. The first-order valence-corrected chi connectivity index (χ1v) is 5.10. The van der Waals surface area contributed by atoms with E-state index in [9.17, 15) is 4.79 Å². The number of carbonyl (C=O) groups excluding carboxylic acids is 1. The molecule has 2 atom stereocenters. The summed E-state index contributed by atoms with van der Waals surface area (Å²) in [7, 11) is 0. The van der Waals surface area contributed by atoms with E-state index >= 15 is 0 Å². The van der Waals surface area contributed by atoms with Crippen molar-refractivity contribution in [3.8, 4) is 0 Å². The highest BCUT2D eigenvalue weighted by Crippen LogP contribution is 2.28. The zero-order chi connectivity index (χ0) is 9.26. The summed E-state index contributed by atoms with van der Waals surface area (Å²) in [6.45, 7) is 1.49. The Morgan fingerprint density at radius 2 is 2.38 bits per heavy atom. The van der Waals surface area contributed by atoms with Gasteiger partial charge in [-0.25, -0.2) is 4.79 Å². The van der Waals surface area contributed by atoms with Crippen LogP contribution in [0.15, 0.2) is 0 Å². The number of urea groups is 1.